The SMILES string of the molecule is COC(=O)CCN(CCc1ccnc2ccc(OC)nc12)CC[C@H]1CN(c2ccc3c(c2)OCCO3)C(=O)O1. The Morgan fingerprint density at radius 3 is 2.74 bits per heavy atom. The highest BCUT2D eigenvalue weighted by atomic mass is 16.6. The number of rotatable bonds is 11. The van der Waals surface area contributed by atoms with Gasteiger partial charge in [0.25, 0.3) is 0 Å². The Hall–Kier alpha value is -4.12. The number of ether oxygens (including phenoxy) is 5. The highest BCUT2D eigenvalue weighted by Gasteiger charge is 2.33. The molecule has 2 aliphatic rings. The van der Waals surface area contributed by atoms with Gasteiger partial charge in [0.05, 0.1) is 43.9 Å². The molecule has 0 unspecified atom stereocenters. The van der Waals surface area contributed by atoms with Gasteiger partial charge in [-0.2, -0.15) is 0 Å². The summed E-state index contributed by atoms with van der Waals surface area (Å²) in [4.78, 5) is 37.3. The first-order valence-corrected chi connectivity index (χ1v) is 13.0. The second kappa shape index (κ2) is 12.2. The molecule has 1 fully saturated rings. The number of amides is 1. The number of fused-ring (bicyclic) bond motifs is 2. The molecule has 2 aromatic heterocycles. The van der Waals surface area contributed by atoms with Crippen LogP contribution >= 0.6 is 0 Å². The Bertz CT molecular complexity index is 1330. The number of anilines is 1. The van der Waals surface area contributed by atoms with Gasteiger partial charge >= 0.3 is 12.1 Å². The van der Waals surface area contributed by atoms with Crippen molar-refractivity contribution in [3.63, 3.8) is 0 Å². The molecule has 11 heteroatoms. The predicted octanol–water partition coefficient (Wildman–Crippen LogP) is 3.23. The molecule has 0 aliphatic carbocycles. The highest BCUT2D eigenvalue weighted by molar-refractivity contribution is 5.90. The summed E-state index contributed by atoms with van der Waals surface area (Å²) in [6.07, 6.45) is 2.70. The lowest BCUT2D eigenvalue weighted by Gasteiger charge is -2.23. The summed E-state index contributed by atoms with van der Waals surface area (Å²) in [5, 5.41) is 0. The molecular formula is C28H32N4O7. The first kappa shape index (κ1) is 26.5. The zero-order valence-electron chi connectivity index (χ0n) is 22.1. The van der Waals surface area contributed by atoms with Crippen molar-refractivity contribution >= 4 is 28.8 Å². The molecule has 4 heterocycles. The summed E-state index contributed by atoms with van der Waals surface area (Å²) < 4.78 is 27.1. The summed E-state index contributed by atoms with van der Waals surface area (Å²) in [5.74, 6) is 1.56. The normalized spacial score (nSPS) is 16.4. The monoisotopic (exact) mass is 536 g/mol. The third-order valence-electron chi connectivity index (χ3n) is 6.89. The number of benzene rings is 1. The fourth-order valence-electron chi connectivity index (χ4n) is 4.75. The quantitative estimate of drug-likeness (QED) is 0.339. The van der Waals surface area contributed by atoms with Crippen molar-refractivity contribution in [2.75, 3.05) is 58.5 Å². The third-order valence-corrected chi connectivity index (χ3v) is 6.89. The topological polar surface area (TPSA) is 113 Å². The average Bonchev–Trinajstić information content (AvgIpc) is 3.36. The van der Waals surface area contributed by atoms with Gasteiger partial charge in [0.2, 0.25) is 5.88 Å². The molecule has 11 nitrogen and oxygen atoms in total. The van der Waals surface area contributed by atoms with Crippen molar-refractivity contribution in [3.05, 3.63) is 48.2 Å². The largest absolute Gasteiger partial charge is 0.486 e. The van der Waals surface area contributed by atoms with E-state index in [1.165, 1.54) is 7.11 Å². The second-order valence-corrected chi connectivity index (χ2v) is 9.34. The van der Waals surface area contributed by atoms with Crippen LogP contribution in [0.2, 0.25) is 0 Å². The Balaban J connectivity index is 1.22. The lowest BCUT2D eigenvalue weighted by atomic mass is 10.1. The molecule has 1 saturated heterocycles. The van der Waals surface area contributed by atoms with E-state index in [1.54, 1.807) is 24.3 Å². The molecule has 1 aromatic carbocycles. The number of hydrogen-bond acceptors (Lipinski definition) is 10. The number of cyclic esters (lactones) is 1. The standard InChI is InChI=1S/C28H32N4O7/c1-35-25-6-4-22-27(30-25)19(7-11-29-22)8-12-31(14-10-26(33)36-2)13-9-21-18-32(28(34)39-21)20-3-5-23-24(17-20)38-16-15-37-23/h3-7,11,17,21H,8-10,12-16,18H2,1-2H3/t21-/m0/s1. The van der Waals surface area contributed by atoms with E-state index in [1.807, 2.05) is 30.3 Å². The van der Waals surface area contributed by atoms with Crippen LogP contribution in [0.25, 0.3) is 11.0 Å². The van der Waals surface area contributed by atoms with Crippen molar-refractivity contribution in [2.24, 2.45) is 0 Å². The van der Waals surface area contributed by atoms with Crippen molar-refractivity contribution in [2.45, 2.75) is 25.4 Å². The number of aromatic nitrogens is 2. The molecule has 5 rings (SSSR count). The molecule has 0 saturated carbocycles. The highest BCUT2D eigenvalue weighted by Crippen LogP contribution is 2.35. The third kappa shape index (κ3) is 6.31. The number of pyridine rings is 2. The van der Waals surface area contributed by atoms with E-state index in [2.05, 4.69) is 14.9 Å². The van der Waals surface area contributed by atoms with Gasteiger partial charge in [-0.3, -0.25) is 14.7 Å². The van der Waals surface area contributed by atoms with Crippen LogP contribution in [0.5, 0.6) is 17.4 Å². The molecule has 0 bridgehead atoms. The minimum absolute atomic E-state index is 0.266. The molecular weight excluding hydrogens is 504 g/mol. The molecule has 0 spiro atoms. The zero-order valence-corrected chi connectivity index (χ0v) is 22.1. The lowest BCUT2D eigenvalue weighted by molar-refractivity contribution is -0.141. The van der Waals surface area contributed by atoms with Gasteiger partial charge in [0, 0.05) is 38.0 Å². The number of carbonyl (C=O) groups excluding carboxylic acids is 2. The Morgan fingerprint density at radius 1 is 1.08 bits per heavy atom. The van der Waals surface area contributed by atoms with Gasteiger partial charge in [-0.15, -0.1) is 0 Å². The van der Waals surface area contributed by atoms with E-state index in [9.17, 15) is 9.59 Å². The van der Waals surface area contributed by atoms with Crippen LogP contribution in [-0.4, -0.2) is 86.6 Å². The van der Waals surface area contributed by atoms with Crippen LogP contribution in [0, 0.1) is 0 Å². The van der Waals surface area contributed by atoms with Crippen molar-refractivity contribution < 1.29 is 33.3 Å². The fourth-order valence-corrected chi connectivity index (χ4v) is 4.75. The Kier molecular flexibility index (Phi) is 8.26. The average molecular weight is 537 g/mol. The van der Waals surface area contributed by atoms with Crippen molar-refractivity contribution in [1.82, 2.24) is 14.9 Å². The second-order valence-electron chi connectivity index (χ2n) is 9.34. The number of methoxy groups -OCH3 is 2. The number of carbonyl (C=O) groups is 2. The molecule has 206 valence electrons. The first-order valence-electron chi connectivity index (χ1n) is 13.0. The summed E-state index contributed by atoms with van der Waals surface area (Å²) in [7, 11) is 2.97. The Labute approximate surface area is 226 Å². The van der Waals surface area contributed by atoms with Crippen LogP contribution in [0.4, 0.5) is 10.5 Å². The molecule has 39 heavy (non-hydrogen) atoms. The molecule has 0 radical (unpaired) electrons. The molecule has 3 aromatic rings. The van der Waals surface area contributed by atoms with Crippen LogP contribution in [-0.2, 0) is 20.7 Å². The van der Waals surface area contributed by atoms with Gasteiger partial charge in [-0.05, 0) is 42.7 Å². The fraction of sp³-hybridized carbons (Fsp3) is 0.429. The van der Waals surface area contributed by atoms with Gasteiger partial charge in [0.1, 0.15) is 19.3 Å². The predicted molar refractivity (Wildman–Crippen MR) is 143 cm³/mol. The lowest BCUT2D eigenvalue weighted by Crippen LogP contribution is -2.33. The van der Waals surface area contributed by atoms with E-state index in [0.717, 1.165) is 16.6 Å². The smallest absolute Gasteiger partial charge is 0.414 e. The summed E-state index contributed by atoms with van der Waals surface area (Å²) in [6, 6.07) is 11.1. The minimum atomic E-state index is -0.388. The van der Waals surface area contributed by atoms with E-state index < -0.39 is 0 Å². The van der Waals surface area contributed by atoms with Gasteiger partial charge in [-0.1, -0.05) is 0 Å². The van der Waals surface area contributed by atoms with Crippen molar-refractivity contribution in [1.29, 1.82) is 0 Å². The van der Waals surface area contributed by atoms with E-state index >= 15 is 0 Å². The molecule has 1 atom stereocenters. The Morgan fingerprint density at radius 2 is 1.92 bits per heavy atom. The van der Waals surface area contributed by atoms with Crippen molar-refractivity contribution in [3.8, 4) is 17.4 Å². The first-order chi connectivity index (χ1) is 19.0. The zero-order chi connectivity index (χ0) is 27.2. The van der Waals surface area contributed by atoms with E-state index in [0.29, 0.717) is 75.3 Å². The summed E-state index contributed by atoms with van der Waals surface area (Å²) in [6.45, 7) is 3.27. The number of esters is 1. The van der Waals surface area contributed by atoms with Gasteiger partial charge < -0.3 is 28.6 Å². The van der Waals surface area contributed by atoms with Crippen LogP contribution in [0.15, 0.2) is 42.6 Å². The maximum absolute atomic E-state index is 12.7. The van der Waals surface area contributed by atoms with E-state index in [4.69, 9.17) is 23.7 Å². The van der Waals surface area contributed by atoms with Gasteiger partial charge in [0.15, 0.2) is 11.5 Å². The molecule has 2 aliphatic heterocycles. The van der Waals surface area contributed by atoms with Crippen LogP contribution in [0.1, 0.15) is 18.4 Å². The van der Waals surface area contributed by atoms with Gasteiger partial charge in [-0.25, -0.2) is 9.78 Å². The van der Waals surface area contributed by atoms with Crippen LogP contribution < -0.4 is 19.1 Å². The molecule has 0 N–H and O–H groups in total. The minimum Gasteiger partial charge on any atom is -0.486 e. The summed E-state index contributed by atoms with van der Waals surface area (Å²) in [5.41, 5.74) is 3.34. The van der Waals surface area contributed by atoms with E-state index in [-0.39, 0.29) is 24.6 Å². The maximum atomic E-state index is 12.7. The maximum Gasteiger partial charge on any atom is 0.414 e. The summed E-state index contributed by atoms with van der Waals surface area (Å²) >= 11 is 0. The number of hydrogen-bond donors (Lipinski definition) is 0. The number of nitrogens with zero attached hydrogens (tertiary/aromatic N) is 4. The van der Waals surface area contributed by atoms with Crippen LogP contribution in [0.3, 0.4) is 0 Å². The molecule has 1 amide bonds.